The Morgan fingerprint density at radius 1 is 1.29 bits per heavy atom. The number of rotatable bonds is 2. The molecule has 2 nitrogen and oxygen atoms in total. The van der Waals surface area contributed by atoms with Gasteiger partial charge in [0.15, 0.2) is 0 Å². The molecule has 1 N–H and O–H groups in total. The molecule has 0 radical (unpaired) electrons. The lowest BCUT2D eigenvalue weighted by atomic mass is 10.0. The number of hydrogen-bond acceptors (Lipinski definition) is 2. The van der Waals surface area contributed by atoms with Crippen molar-refractivity contribution in [3.05, 3.63) is 29.6 Å². The van der Waals surface area contributed by atoms with Crippen molar-refractivity contribution < 1.29 is 9.50 Å². The Labute approximate surface area is 102 Å². The number of hydrogen-bond donors (Lipinski definition) is 1. The van der Waals surface area contributed by atoms with Crippen molar-refractivity contribution >= 4 is 5.69 Å². The van der Waals surface area contributed by atoms with Gasteiger partial charge >= 0.3 is 0 Å². The Hall–Kier alpha value is -1.09. The van der Waals surface area contributed by atoms with Crippen LogP contribution in [0.3, 0.4) is 0 Å². The van der Waals surface area contributed by atoms with Crippen molar-refractivity contribution in [2.24, 2.45) is 11.8 Å². The molecule has 1 fully saturated rings. The summed E-state index contributed by atoms with van der Waals surface area (Å²) in [6, 6.07) is 4.93. The summed E-state index contributed by atoms with van der Waals surface area (Å²) >= 11 is 0. The van der Waals surface area contributed by atoms with Crippen molar-refractivity contribution in [2.75, 3.05) is 18.0 Å². The van der Waals surface area contributed by atoms with Gasteiger partial charge in [0, 0.05) is 18.7 Å². The molecule has 1 aliphatic heterocycles. The third-order valence-electron chi connectivity index (χ3n) is 3.77. The third kappa shape index (κ3) is 2.29. The molecular formula is C14H20FNO. The van der Waals surface area contributed by atoms with E-state index in [4.69, 9.17) is 0 Å². The number of aliphatic hydroxyl groups is 1. The second kappa shape index (κ2) is 4.65. The van der Waals surface area contributed by atoms with Gasteiger partial charge < -0.3 is 10.0 Å². The largest absolute Gasteiger partial charge is 0.389 e. The Balaban J connectivity index is 2.38. The molecule has 3 atom stereocenters. The van der Waals surface area contributed by atoms with Crippen LogP contribution in [0.5, 0.6) is 0 Å². The topological polar surface area (TPSA) is 23.5 Å². The highest BCUT2D eigenvalue weighted by atomic mass is 19.1. The van der Waals surface area contributed by atoms with E-state index in [-0.39, 0.29) is 5.82 Å². The summed E-state index contributed by atoms with van der Waals surface area (Å²) in [4.78, 5) is 2.06. The zero-order chi connectivity index (χ0) is 12.6. The van der Waals surface area contributed by atoms with Crippen molar-refractivity contribution in [3.63, 3.8) is 0 Å². The average molecular weight is 237 g/mol. The second-order valence-electron chi connectivity index (χ2n) is 5.21. The SMILES string of the molecule is CC1CN(c2c(F)cccc2[C@@H](C)O)CC1C. The molecule has 0 saturated carbocycles. The molecule has 3 heteroatoms. The molecule has 2 rings (SSSR count). The molecule has 0 bridgehead atoms. The van der Waals surface area contributed by atoms with E-state index in [0.717, 1.165) is 13.1 Å². The van der Waals surface area contributed by atoms with Gasteiger partial charge in [-0.1, -0.05) is 26.0 Å². The predicted octanol–water partition coefficient (Wildman–Crippen LogP) is 2.97. The van der Waals surface area contributed by atoms with Gasteiger partial charge in [0.05, 0.1) is 11.8 Å². The van der Waals surface area contributed by atoms with E-state index in [9.17, 15) is 9.50 Å². The van der Waals surface area contributed by atoms with Crippen LogP contribution in [0, 0.1) is 17.7 Å². The first kappa shape index (κ1) is 12.4. The fraction of sp³-hybridized carbons (Fsp3) is 0.571. The first-order chi connectivity index (χ1) is 8.00. The maximum Gasteiger partial charge on any atom is 0.146 e. The second-order valence-corrected chi connectivity index (χ2v) is 5.21. The number of nitrogens with zero attached hydrogens (tertiary/aromatic N) is 1. The van der Waals surface area contributed by atoms with Crippen molar-refractivity contribution in [3.8, 4) is 0 Å². The predicted molar refractivity (Wildman–Crippen MR) is 67.6 cm³/mol. The molecule has 17 heavy (non-hydrogen) atoms. The molecule has 2 unspecified atom stereocenters. The van der Waals surface area contributed by atoms with Crippen LogP contribution >= 0.6 is 0 Å². The van der Waals surface area contributed by atoms with Crippen LogP contribution in [0.15, 0.2) is 18.2 Å². The maximum atomic E-state index is 14.0. The number of anilines is 1. The number of para-hydroxylation sites is 1. The average Bonchev–Trinajstić information content (AvgIpc) is 2.58. The van der Waals surface area contributed by atoms with E-state index in [1.54, 1.807) is 19.1 Å². The van der Waals surface area contributed by atoms with Crippen molar-refractivity contribution in [1.29, 1.82) is 0 Å². The first-order valence-corrected chi connectivity index (χ1v) is 6.22. The minimum atomic E-state index is -0.632. The normalized spacial score (nSPS) is 26.3. The lowest BCUT2D eigenvalue weighted by molar-refractivity contribution is 0.199. The van der Waals surface area contributed by atoms with Gasteiger partial charge in [0.1, 0.15) is 5.82 Å². The van der Waals surface area contributed by atoms with E-state index in [1.165, 1.54) is 6.07 Å². The van der Waals surface area contributed by atoms with E-state index < -0.39 is 6.10 Å². The molecule has 0 aromatic heterocycles. The molecule has 1 aromatic rings. The molecule has 0 spiro atoms. The van der Waals surface area contributed by atoms with Crippen LogP contribution in [0.2, 0.25) is 0 Å². The standard InChI is InChI=1S/C14H20FNO/c1-9-7-16(8-10(9)2)14-12(11(3)17)5-4-6-13(14)15/h4-6,9-11,17H,7-8H2,1-3H3/t9?,10?,11-/m1/s1. The Bertz CT molecular complexity index is 395. The van der Waals surface area contributed by atoms with Gasteiger partial charge in [0.25, 0.3) is 0 Å². The molecular weight excluding hydrogens is 217 g/mol. The third-order valence-corrected chi connectivity index (χ3v) is 3.77. The molecule has 94 valence electrons. The zero-order valence-electron chi connectivity index (χ0n) is 10.7. The van der Waals surface area contributed by atoms with E-state index in [2.05, 4.69) is 18.7 Å². The lowest BCUT2D eigenvalue weighted by Gasteiger charge is -2.23. The minimum absolute atomic E-state index is 0.232. The smallest absolute Gasteiger partial charge is 0.146 e. The molecule has 1 aromatic carbocycles. The highest BCUT2D eigenvalue weighted by Crippen LogP contribution is 2.34. The first-order valence-electron chi connectivity index (χ1n) is 6.22. The molecule has 1 aliphatic rings. The number of benzene rings is 1. The number of aliphatic hydroxyl groups excluding tert-OH is 1. The van der Waals surface area contributed by atoms with Crippen LogP contribution in [-0.4, -0.2) is 18.2 Å². The molecule has 1 heterocycles. The molecule has 0 amide bonds. The van der Waals surface area contributed by atoms with Crippen LogP contribution in [-0.2, 0) is 0 Å². The van der Waals surface area contributed by atoms with Crippen LogP contribution in [0.25, 0.3) is 0 Å². The zero-order valence-corrected chi connectivity index (χ0v) is 10.7. The Morgan fingerprint density at radius 2 is 1.88 bits per heavy atom. The van der Waals surface area contributed by atoms with Crippen LogP contribution in [0.4, 0.5) is 10.1 Å². The van der Waals surface area contributed by atoms with E-state index in [0.29, 0.717) is 23.1 Å². The Morgan fingerprint density at radius 3 is 2.41 bits per heavy atom. The fourth-order valence-corrected chi connectivity index (χ4v) is 2.52. The summed E-state index contributed by atoms with van der Waals surface area (Å²) in [6.45, 7) is 7.78. The summed E-state index contributed by atoms with van der Waals surface area (Å²) in [5, 5.41) is 9.73. The highest BCUT2D eigenvalue weighted by molar-refractivity contribution is 5.56. The van der Waals surface area contributed by atoms with Crippen molar-refractivity contribution in [2.45, 2.75) is 26.9 Å². The van der Waals surface area contributed by atoms with Gasteiger partial charge in [0.2, 0.25) is 0 Å². The van der Waals surface area contributed by atoms with Crippen LogP contribution < -0.4 is 4.90 Å². The quantitative estimate of drug-likeness (QED) is 0.854. The van der Waals surface area contributed by atoms with Crippen LogP contribution in [0.1, 0.15) is 32.4 Å². The monoisotopic (exact) mass is 237 g/mol. The summed E-state index contributed by atoms with van der Waals surface area (Å²) < 4.78 is 14.0. The minimum Gasteiger partial charge on any atom is -0.389 e. The summed E-state index contributed by atoms with van der Waals surface area (Å²) in [6.07, 6.45) is -0.632. The van der Waals surface area contributed by atoms with E-state index >= 15 is 0 Å². The molecule has 1 saturated heterocycles. The number of halogens is 1. The molecule has 0 aliphatic carbocycles. The lowest BCUT2D eigenvalue weighted by Crippen LogP contribution is -2.23. The van der Waals surface area contributed by atoms with Gasteiger partial charge in [-0.15, -0.1) is 0 Å². The Kier molecular flexibility index (Phi) is 3.38. The van der Waals surface area contributed by atoms with Crippen molar-refractivity contribution in [1.82, 2.24) is 0 Å². The fourth-order valence-electron chi connectivity index (χ4n) is 2.52. The van der Waals surface area contributed by atoms with E-state index in [1.807, 2.05) is 0 Å². The summed E-state index contributed by atoms with van der Waals surface area (Å²) in [5.41, 5.74) is 1.27. The van der Waals surface area contributed by atoms with Gasteiger partial charge in [-0.25, -0.2) is 4.39 Å². The van der Waals surface area contributed by atoms with Gasteiger partial charge in [-0.3, -0.25) is 0 Å². The van der Waals surface area contributed by atoms with Gasteiger partial charge in [-0.05, 0) is 24.8 Å². The maximum absolute atomic E-state index is 14.0. The highest BCUT2D eigenvalue weighted by Gasteiger charge is 2.29. The summed E-state index contributed by atoms with van der Waals surface area (Å²) in [7, 11) is 0. The van der Waals surface area contributed by atoms with Gasteiger partial charge in [-0.2, -0.15) is 0 Å². The summed E-state index contributed by atoms with van der Waals surface area (Å²) in [5.74, 6) is 0.901.